The summed E-state index contributed by atoms with van der Waals surface area (Å²) in [5.41, 5.74) is 0.572. The van der Waals surface area contributed by atoms with E-state index in [1.807, 2.05) is 42.5 Å². The SMILES string of the molecule is CC(C)(C)C(NC(=O)O)C1CCC(NC(=O)c2cccc3ccccc23)CC1. The topological polar surface area (TPSA) is 78.4 Å². The molecule has 2 amide bonds. The van der Waals surface area contributed by atoms with Crippen molar-refractivity contribution in [3.05, 3.63) is 48.0 Å². The van der Waals surface area contributed by atoms with Gasteiger partial charge in [-0.3, -0.25) is 4.79 Å². The monoisotopic (exact) mass is 382 g/mol. The standard InChI is InChI=1S/C23H30N2O3/c1-23(2,3)20(25-22(27)28)16-11-13-17(14-12-16)24-21(26)19-10-6-8-15-7-4-5-9-18(15)19/h4-10,16-17,20,25H,11-14H2,1-3H3,(H,24,26)(H,27,28). The van der Waals surface area contributed by atoms with Gasteiger partial charge in [0, 0.05) is 17.6 Å². The molecule has 5 heteroatoms. The lowest BCUT2D eigenvalue weighted by molar-refractivity contribution is 0.0905. The summed E-state index contributed by atoms with van der Waals surface area (Å²) in [6.45, 7) is 6.21. The number of rotatable bonds is 4. The normalized spacial score (nSPS) is 21.1. The van der Waals surface area contributed by atoms with Gasteiger partial charge in [-0.25, -0.2) is 4.79 Å². The van der Waals surface area contributed by atoms with Crippen LogP contribution in [0.2, 0.25) is 0 Å². The first-order valence-corrected chi connectivity index (χ1v) is 10.0. The molecule has 150 valence electrons. The minimum Gasteiger partial charge on any atom is -0.465 e. The molecule has 0 radical (unpaired) electrons. The van der Waals surface area contributed by atoms with E-state index < -0.39 is 6.09 Å². The average Bonchev–Trinajstić information content (AvgIpc) is 2.65. The van der Waals surface area contributed by atoms with Crippen LogP contribution in [-0.2, 0) is 0 Å². The largest absolute Gasteiger partial charge is 0.465 e. The van der Waals surface area contributed by atoms with Crippen molar-refractivity contribution in [2.45, 2.75) is 58.5 Å². The Labute approximate surface area is 166 Å². The summed E-state index contributed by atoms with van der Waals surface area (Å²) < 4.78 is 0. The van der Waals surface area contributed by atoms with Gasteiger partial charge >= 0.3 is 6.09 Å². The van der Waals surface area contributed by atoms with Gasteiger partial charge in [0.05, 0.1) is 0 Å². The molecule has 3 rings (SSSR count). The average molecular weight is 383 g/mol. The zero-order valence-corrected chi connectivity index (χ0v) is 16.9. The summed E-state index contributed by atoms with van der Waals surface area (Å²) >= 11 is 0. The second-order valence-corrected chi connectivity index (χ2v) is 8.91. The Hall–Kier alpha value is -2.56. The molecule has 1 atom stereocenters. The highest BCUT2D eigenvalue weighted by molar-refractivity contribution is 6.07. The van der Waals surface area contributed by atoms with Crippen LogP contribution in [0.15, 0.2) is 42.5 Å². The fraction of sp³-hybridized carbons (Fsp3) is 0.478. The van der Waals surface area contributed by atoms with Crippen LogP contribution in [0.25, 0.3) is 10.8 Å². The van der Waals surface area contributed by atoms with Crippen molar-refractivity contribution in [2.24, 2.45) is 11.3 Å². The van der Waals surface area contributed by atoms with E-state index in [0.717, 1.165) is 36.5 Å². The summed E-state index contributed by atoms with van der Waals surface area (Å²) in [5.74, 6) is 0.262. The number of carbonyl (C=O) groups is 2. The minimum atomic E-state index is -0.966. The fourth-order valence-corrected chi connectivity index (χ4v) is 4.46. The number of carbonyl (C=O) groups excluding carboxylic acids is 1. The zero-order valence-electron chi connectivity index (χ0n) is 16.9. The Kier molecular flexibility index (Phi) is 5.92. The second-order valence-electron chi connectivity index (χ2n) is 8.91. The van der Waals surface area contributed by atoms with E-state index >= 15 is 0 Å². The van der Waals surface area contributed by atoms with Gasteiger partial charge in [-0.2, -0.15) is 0 Å². The van der Waals surface area contributed by atoms with E-state index in [0.29, 0.717) is 11.5 Å². The fourth-order valence-electron chi connectivity index (χ4n) is 4.46. The van der Waals surface area contributed by atoms with Crippen LogP contribution in [0.1, 0.15) is 56.8 Å². The van der Waals surface area contributed by atoms with Crippen molar-refractivity contribution in [2.75, 3.05) is 0 Å². The third-order valence-electron chi connectivity index (χ3n) is 5.82. The lowest BCUT2D eigenvalue weighted by Crippen LogP contribution is -2.50. The molecule has 0 heterocycles. The van der Waals surface area contributed by atoms with Crippen molar-refractivity contribution < 1.29 is 14.7 Å². The molecule has 1 aliphatic carbocycles. The van der Waals surface area contributed by atoms with Crippen molar-refractivity contribution >= 4 is 22.8 Å². The van der Waals surface area contributed by atoms with Crippen molar-refractivity contribution in [1.82, 2.24) is 10.6 Å². The van der Waals surface area contributed by atoms with Gasteiger partial charge in [-0.15, -0.1) is 0 Å². The van der Waals surface area contributed by atoms with Crippen LogP contribution in [0.5, 0.6) is 0 Å². The van der Waals surface area contributed by atoms with Crippen LogP contribution >= 0.6 is 0 Å². The second kappa shape index (κ2) is 8.21. The molecule has 1 saturated carbocycles. The van der Waals surface area contributed by atoms with E-state index in [2.05, 4.69) is 31.4 Å². The first-order valence-electron chi connectivity index (χ1n) is 10.0. The molecule has 1 unspecified atom stereocenters. The number of nitrogens with one attached hydrogen (secondary N) is 2. The number of benzene rings is 2. The zero-order chi connectivity index (χ0) is 20.3. The van der Waals surface area contributed by atoms with Gasteiger partial charge in [0.2, 0.25) is 0 Å². The maximum atomic E-state index is 12.8. The maximum Gasteiger partial charge on any atom is 0.404 e. The van der Waals surface area contributed by atoms with Crippen LogP contribution in [-0.4, -0.2) is 29.2 Å². The highest BCUT2D eigenvalue weighted by Gasteiger charge is 2.36. The number of amides is 2. The van der Waals surface area contributed by atoms with Gasteiger partial charge in [-0.1, -0.05) is 57.2 Å². The number of fused-ring (bicyclic) bond motifs is 1. The predicted octanol–water partition coefficient (Wildman–Crippen LogP) is 4.81. The molecule has 1 fully saturated rings. The molecular formula is C23H30N2O3. The summed E-state index contributed by atoms with van der Waals surface area (Å²) in [6.07, 6.45) is 2.58. The quantitative estimate of drug-likeness (QED) is 0.710. The molecule has 0 aromatic heterocycles. The van der Waals surface area contributed by atoms with Gasteiger partial charge in [-0.05, 0) is 53.9 Å². The maximum absolute atomic E-state index is 12.8. The minimum absolute atomic E-state index is 0.0312. The predicted molar refractivity (Wildman–Crippen MR) is 112 cm³/mol. The van der Waals surface area contributed by atoms with E-state index in [9.17, 15) is 14.7 Å². The summed E-state index contributed by atoms with van der Waals surface area (Å²) in [4.78, 5) is 24.1. The molecule has 0 spiro atoms. The summed E-state index contributed by atoms with van der Waals surface area (Å²) in [5, 5.41) is 17.1. The Morgan fingerprint density at radius 2 is 1.64 bits per heavy atom. The highest BCUT2D eigenvalue weighted by atomic mass is 16.4. The van der Waals surface area contributed by atoms with E-state index in [4.69, 9.17) is 0 Å². The molecule has 0 bridgehead atoms. The Morgan fingerprint density at radius 3 is 2.29 bits per heavy atom. The number of hydrogen-bond donors (Lipinski definition) is 3. The van der Waals surface area contributed by atoms with Crippen molar-refractivity contribution in [1.29, 1.82) is 0 Å². The third kappa shape index (κ3) is 4.64. The first-order chi connectivity index (χ1) is 13.3. The summed E-state index contributed by atoms with van der Waals surface area (Å²) in [6, 6.07) is 13.8. The molecule has 5 nitrogen and oxygen atoms in total. The number of hydrogen-bond acceptors (Lipinski definition) is 2. The lowest BCUT2D eigenvalue weighted by atomic mass is 9.72. The highest BCUT2D eigenvalue weighted by Crippen LogP contribution is 2.35. The first kappa shape index (κ1) is 20.2. The molecule has 0 saturated heterocycles. The van der Waals surface area contributed by atoms with Gasteiger partial charge in [0.1, 0.15) is 0 Å². The van der Waals surface area contributed by atoms with Crippen molar-refractivity contribution in [3.8, 4) is 0 Å². The van der Waals surface area contributed by atoms with E-state index in [1.165, 1.54) is 0 Å². The van der Waals surface area contributed by atoms with Gasteiger partial charge in [0.15, 0.2) is 0 Å². The molecular weight excluding hydrogens is 352 g/mol. The lowest BCUT2D eigenvalue weighted by Gasteiger charge is -2.40. The Balaban J connectivity index is 1.63. The molecule has 0 aliphatic heterocycles. The molecule has 1 aliphatic rings. The Bertz CT molecular complexity index is 843. The van der Waals surface area contributed by atoms with Crippen LogP contribution < -0.4 is 10.6 Å². The molecule has 3 N–H and O–H groups in total. The van der Waals surface area contributed by atoms with Crippen LogP contribution in [0, 0.1) is 11.3 Å². The van der Waals surface area contributed by atoms with E-state index in [-0.39, 0.29) is 23.4 Å². The van der Waals surface area contributed by atoms with Crippen molar-refractivity contribution in [3.63, 3.8) is 0 Å². The van der Waals surface area contributed by atoms with Gasteiger partial charge in [0.25, 0.3) is 5.91 Å². The molecule has 28 heavy (non-hydrogen) atoms. The molecule has 2 aromatic carbocycles. The van der Waals surface area contributed by atoms with Crippen LogP contribution in [0.3, 0.4) is 0 Å². The number of carboxylic acid groups (broad SMARTS) is 1. The van der Waals surface area contributed by atoms with E-state index in [1.54, 1.807) is 0 Å². The molecule has 2 aromatic rings. The Morgan fingerprint density at radius 1 is 1.00 bits per heavy atom. The van der Waals surface area contributed by atoms with Crippen LogP contribution in [0.4, 0.5) is 4.79 Å². The third-order valence-corrected chi connectivity index (χ3v) is 5.82. The summed E-state index contributed by atoms with van der Waals surface area (Å²) in [7, 11) is 0. The van der Waals surface area contributed by atoms with Gasteiger partial charge < -0.3 is 15.7 Å². The smallest absolute Gasteiger partial charge is 0.404 e.